The van der Waals surface area contributed by atoms with Crippen LogP contribution in [-0.4, -0.2) is 27.6 Å². The molecule has 4 heteroatoms. The fourth-order valence-corrected chi connectivity index (χ4v) is 11.0. The summed E-state index contributed by atoms with van der Waals surface area (Å²) >= 11 is 0. The highest BCUT2D eigenvalue weighted by Gasteiger charge is 2.21. The molecule has 6 aromatic rings. The minimum atomic E-state index is -1.59. The average Bonchev–Trinajstić information content (AvgIpc) is 3.00. The molecule has 0 spiro atoms. The largest absolute Gasteiger partial charge is 0.255 e. The van der Waals surface area contributed by atoms with Crippen LogP contribution in [0.2, 0.25) is 0 Å². The van der Waals surface area contributed by atoms with Gasteiger partial charge in [0.05, 0.1) is 11.4 Å². The Morgan fingerprint density at radius 3 is 0.816 bits per heavy atom. The van der Waals surface area contributed by atoms with E-state index < -0.39 is 17.6 Å². The van der Waals surface area contributed by atoms with Crippen LogP contribution in [0.4, 0.5) is 0 Å². The van der Waals surface area contributed by atoms with Gasteiger partial charge in [0.1, 0.15) is 17.6 Å². The van der Waals surface area contributed by atoms with Gasteiger partial charge in [0.15, 0.2) is 0 Å². The third-order valence-corrected chi connectivity index (χ3v) is 13.3. The molecule has 0 bridgehead atoms. The zero-order chi connectivity index (χ0) is 25.6. The Labute approximate surface area is 227 Å². The minimum Gasteiger partial charge on any atom is -0.255 e. The maximum Gasteiger partial charge on any atom is 0.134 e. The van der Waals surface area contributed by atoms with E-state index in [4.69, 9.17) is 9.97 Å². The lowest BCUT2D eigenvalue weighted by Crippen LogP contribution is -2.52. The van der Waals surface area contributed by atoms with Gasteiger partial charge in [0.25, 0.3) is 0 Å². The first kappa shape index (κ1) is 24.0. The first-order valence-corrected chi connectivity index (χ1v) is 16.5. The summed E-state index contributed by atoms with van der Waals surface area (Å²) in [6.07, 6.45) is 4.13. The first-order chi connectivity index (χ1) is 18.9. The number of pyridine rings is 2. The van der Waals surface area contributed by atoms with Crippen LogP contribution in [0.3, 0.4) is 0 Å². The molecule has 0 fully saturated rings. The van der Waals surface area contributed by atoms with Crippen LogP contribution in [0.25, 0.3) is 11.4 Å². The minimum absolute atomic E-state index is 0.909. The summed E-state index contributed by atoms with van der Waals surface area (Å²) in [5, 5.41) is 8.20. The van der Waals surface area contributed by atoms with Gasteiger partial charge in [-0.15, -0.1) is 0 Å². The standard InChI is InChI=1S/C34H28N2Si2/c1-5-13-27(14-6-1)37(28-15-7-2-8-16-28)31-21-23-33(35-25-31)34-24-22-32(26-36-34)38(29-17-9-3-10-18-29)30-19-11-4-12-20-30/h1-26,37-38H. The van der Waals surface area contributed by atoms with Crippen molar-refractivity contribution in [3.63, 3.8) is 0 Å². The maximum absolute atomic E-state index is 4.90. The molecule has 0 unspecified atom stereocenters. The molecule has 2 aromatic heterocycles. The van der Waals surface area contributed by atoms with Gasteiger partial charge in [0.2, 0.25) is 0 Å². The molecular weight excluding hydrogens is 493 g/mol. The molecule has 0 N–H and O–H groups in total. The van der Waals surface area contributed by atoms with Crippen molar-refractivity contribution in [2.24, 2.45) is 0 Å². The molecule has 2 heterocycles. The Kier molecular flexibility index (Phi) is 7.16. The van der Waals surface area contributed by atoms with E-state index in [9.17, 15) is 0 Å². The first-order valence-electron chi connectivity index (χ1n) is 13.0. The molecule has 0 atom stereocenters. The fourth-order valence-electron chi connectivity index (χ4n) is 5.19. The summed E-state index contributed by atoms with van der Waals surface area (Å²) in [5.41, 5.74) is 1.82. The van der Waals surface area contributed by atoms with E-state index in [1.807, 2.05) is 0 Å². The molecular formula is C34H28N2Si2. The van der Waals surface area contributed by atoms with Crippen LogP contribution in [-0.2, 0) is 0 Å². The molecule has 0 aliphatic rings. The molecule has 0 aliphatic heterocycles. The van der Waals surface area contributed by atoms with E-state index >= 15 is 0 Å². The van der Waals surface area contributed by atoms with Crippen molar-refractivity contribution in [2.75, 3.05) is 0 Å². The predicted molar refractivity (Wildman–Crippen MR) is 165 cm³/mol. The molecule has 38 heavy (non-hydrogen) atoms. The van der Waals surface area contributed by atoms with Gasteiger partial charge in [-0.2, -0.15) is 0 Å². The molecule has 2 nitrogen and oxygen atoms in total. The average molecular weight is 521 g/mol. The second kappa shape index (κ2) is 11.3. The van der Waals surface area contributed by atoms with Crippen molar-refractivity contribution < 1.29 is 0 Å². The predicted octanol–water partition coefficient (Wildman–Crippen LogP) is 2.64. The van der Waals surface area contributed by atoms with Crippen molar-refractivity contribution in [1.82, 2.24) is 9.97 Å². The number of rotatable bonds is 7. The number of benzene rings is 4. The van der Waals surface area contributed by atoms with Crippen molar-refractivity contribution in [2.45, 2.75) is 0 Å². The van der Waals surface area contributed by atoms with Crippen molar-refractivity contribution >= 4 is 48.7 Å². The van der Waals surface area contributed by atoms with Gasteiger partial charge < -0.3 is 0 Å². The lowest BCUT2D eigenvalue weighted by atomic mass is 10.2. The van der Waals surface area contributed by atoms with Crippen molar-refractivity contribution in [1.29, 1.82) is 0 Å². The highest BCUT2D eigenvalue weighted by Crippen LogP contribution is 2.11. The Morgan fingerprint density at radius 1 is 0.289 bits per heavy atom. The normalized spacial score (nSPS) is 11.1. The fraction of sp³-hybridized carbons (Fsp3) is 0. The van der Waals surface area contributed by atoms with Gasteiger partial charge >= 0.3 is 0 Å². The third kappa shape index (κ3) is 5.18. The maximum atomic E-state index is 4.90. The summed E-state index contributed by atoms with van der Waals surface area (Å²) < 4.78 is 0. The van der Waals surface area contributed by atoms with E-state index in [0.717, 1.165) is 11.4 Å². The van der Waals surface area contributed by atoms with E-state index in [2.05, 4.69) is 158 Å². The quantitative estimate of drug-likeness (QED) is 0.303. The van der Waals surface area contributed by atoms with Gasteiger partial charge in [-0.05, 0) is 22.5 Å². The smallest absolute Gasteiger partial charge is 0.134 e. The summed E-state index contributed by atoms with van der Waals surface area (Å²) in [7, 11) is -3.18. The Morgan fingerprint density at radius 2 is 0.579 bits per heavy atom. The van der Waals surface area contributed by atoms with Crippen LogP contribution in [0, 0.1) is 0 Å². The van der Waals surface area contributed by atoms with Gasteiger partial charge in [0, 0.05) is 12.4 Å². The Hall–Kier alpha value is -4.39. The molecule has 182 valence electrons. The molecule has 0 aliphatic carbocycles. The van der Waals surface area contributed by atoms with Crippen LogP contribution in [0.1, 0.15) is 0 Å². The van der Waals surface area contributed by atoms with Crippen molar-refractivity contribution in [3.05, 3.63) is 158 Å². The molecule has 0 saturated heterocycles. The second-order valence-corrected chi connectivity index (χ2v) is 15.2. The number of nitrogens with zero attached hydrogens (tertiary/aromatic N) is 2. The highest BCUT2D eigenvalue weighted by atomic mass is 28.3. The second-order valence-electron chi connectivity index (χ2n) is 9.46. The van der Waals surface area contributed by atoms with Gasteiger partial charge in [-0.25, -0.2) is 0 Å². The number of hydrogen-bond acceptors (Lipinski definition) is 2. The molecule has 0 saturated carbocycles. The van der Waals surface area contributed by atoms with Crippen LogP contribution in [0.5, 0.6) is 0 Å². The van der Waals surface area contributed by atoms with Crippen molar-refractivity contribution in [3.8, 4) is 11.4 Å². The molecule has 0 radical (unpaired) electrons. The molecule has 4 aromatic carbocycles. The molecule has 0 amide bonds. The monoisotopic (exact) mass is 520 g/mol. The summed E-state index contributed by atoms with van der Waals surface area (Å²) in [6.45, 7) is 0. The summed E-state index contributed by atoms with van der Waals surface area (Å²) in [5.74, 6) is 0. The summed E-state index contributed by atoms with van der Waals surface area (Å²) in [6, 6.07) is 52.1. The lowest BCUT2D eigenvalue weighted by Gasteiger charge is -2.18. The SMILES string of the molecule is c1ccc([SiH](c2ccccc2)c2ccc(-c3ccc([SiH](c4ccccc4)c4ccccc4)cn3)nc2)cc1. The number of aromatic nitrogens is 2. The van der Waals surface area contributed by atoms with Crippen LogP contribution < -0.4 is 31.1 Å². The third-order valence-electron chi connectivity index (χ3n) is 7.03. The number of hydrogen-bond donors (Lipinski definition) is 0. The van der Waals surface area contributed by atoms with Gasteiger partial charge in [-0.3, -0.25) is 9.97 Å². The zero-order valence-corrected chi connectivity index (χ0v) is 23.4. The Balaban J connectivity index is 1.31. The van der Waals surface area contributed by atoms with E-state index in [0.29, 0.717) is 0 Å². The van der Waals surface area contributed by atoms with Crippen LogP contribution >= 0.6 is 0 Å². The zero-order valence-electron chi connectivity index (χ0n) is 21.1. The van der Waals surface area contributed by atoms with Crippen LogP contribution in [0.15, 0.2) is 158 Å². The Bertz CT molecular complexity index is 1370. The van der Waals surface area contributed by atoms with E-state index in [1.54, 1.807) is 0 Å². The highest BCUT2D eigenvalue weighted by molar-refractivity contribution is 6.96. The van der Waals surface area contributed by atoms with E-state index in [-0.39, 0.29) is 0 Å². The lowest BCUT2D eigenvalue weighted by molar-refractivity contribution is 1.26. The summed E-state index contributed by atoms with van der Waals surface area (Å²) in [4.78, 5) is 9.79. The van der Waals surface area contributed by atoms with E-state index in [1.165, 1.54) is 31.1 Å². The molecule has 6 rings (SSSR count). The topological polar surface area (TPSA) is 25.8 Å². The van der Waals surface area contributed by atoms with Gasteiger partial charge in [-0.1, -0.05) is 154 Å².